The van der Waals surface area contributed by atoms with Crippen molar-refractivity contribution in [3.63, 3.8) is 0 Å². The van der Waals surface area contributed by atoms with Gasteiger partial charge in [-0.25, -0.2) is 0 Å². The number of ether oxygens (including phenoxy) is 2. The van der Waals surface area contributed by atoms with Gasteiger partial charge in [0.15, 0.2) is 0 Å². The fourth-order valence-electron chi connectivity index (χ4n) is 4.25. The predicted octanol–water partition coefficient (Wildman–Crippen LogP) is 5.08. The first-order valence-electron chi connectivity index (χ1n) is 11.8. The van der Waals surface area contributed by atoms with E-state index in [1.807, 2.05) is 45.0 Å². The number of benzene rings is 2. The van der Waals surface area contributed by atoms with Crippen LogP contribution in [0.25, 0.3) is 5.76 Å². The minimum absolute atomic E-state index is 0.0730. The number of anilines is 2. The first-order valence-corrected chi connectivity index (χ1v) is 11.8. The van der Waals surface area contributed by atoms with E-state index in [2.05, 4.69) is 0 Å². The molecular formula is C28H30N2O6. The van der Waals surface area contributed by atoms with Crippen molar-refractivity contribution < 1.29 is 28.6 Å². The van der Waals surface area contributed by atoms with Crippen LogP contribution in [0.2, 0.25) is 0 Å². The number of aliphatic hydroxyl groups excluding tert-OH is 1. The first kappa shape index (κ1) is 24.9. The van der Waals surface area contributed by atoms with Crippen molar-refractivity contribution in [2.24, 2.45) is 0 Å². The molecule has 1 aliphatic rings. The highest BCUT2D eigenvalue weighted by Crippen LogP contribution is 2.44. The Bertz CT molecular complexity index is 1310. The zero-order valence-corrected chi connectivity index (χ0v) is 21.1. The summed E-state index contributed by atoms with van der Waals surface area (Å²) in [5.41, 5.74) is 1.67. The van der Waals surface area contributed by atoms with Gasteiger partial charge in [0.1, 0.15) is 34.8 Å². The Hall–Kier alpha value is -4.20. The Labute approximate surface area is 210 Å². The van der Waals surface area contributed by atoms with Crippen molar-refractivity contribution in [1.82, 2.24) is 0 Å². The van der Waals surface area contributed by atoms with Crippen LogP contribution in [0.1, 0.15) is 37.0 Å². The minimum atomic E-state index is -0.954. The normalized spacial score (nSPS) is 16.9. The van der Waals surface area contributed by atoms with Gasteiger partial charge in [0.25, 0.3) is 11.7 Å². The van der Waals surface area contributed by atoms with Crippen LogP contribution in [-0.2, 0) is 9.59 Å². The Balaban J connectivity index is 1.90. The maximum atomic E-state index is 13.4. The van der Waals surface area contributed by atoms with Gasteiger partial charge in [0.05, 0.1) is 24.4 Å². The van der Waals surface area contributed by atoms with E-state index in [0.29, 0.717) is 41.9 Å². The molecule has 1 aromatic heterocycles. The van der Waals surface area contributed by atoms with E-state index in [1.165, 1.54) is 4.90 Å². The maximum Gasteiger partial charge on any atom is 0.300 e. The minimum Gasteiger partial charge on any atom is -0.507 e. The van der Waals surface area contributed by atoms with Crippen molar-refractivity contribution in [3.05, 3.63) is 77.3 Å². The Kier molecular flexibility index (Phi) is 7.05. The number of hydrogen-bond donors (Lipinski definition) is 1. The second-order valence-corrected chi connectivity index (χ2v) is 8.55. The highest BCUT2D eigenvalue weighted by molar-refractivity contribution is 6.51. The zero-order valence-electron chi connectivity index (χ0n) is 21.1. The van der Waals surface area contributed by atoms with Gasteiger partial charge in [0.2, 0.25) is 0 Å². The van der Waals surface area contributed by atoms with Crippen molar-refractivity contribution in [3.8, 4) is 11.5 Å². The van der Waals surface area contributed by atoms with Crippen LogP contribution in [0.15, 0.2) is 64.6 Å². The molecule has 4 rings (SSSR count). The lowest BCUT2D eigenvalue weighted by Gasteiger charge is -2.24. The Morgan fingerprint density at radius 2 is 1.69 bits per heavy atom. The van der Waals surface area contributed by atoms with Crippen LogP contribution in [0.3, 0.4) is 0 Å². The molecule has 2 aromatic carbocycles. The van der Waals surface area contributed by atoms with Crippen LogP contribution >= 0.6 is 0 Å². The lowest BCUT2D eigenvalue weighted by atomic mass is 9.98. The number of ketones is 1. The quantitative estimate of drug-likeness (QED) is 0.267. The topological polar surface area (TPSA) is 92.5 Å². The number of amides is 1. The van der Waals surface area contributed by atoms with E-state index in [9.17, 15) is 14.7 Å². The molecule has 0 spiro atoms. The van der Waals surface area contributed by atoms with Gasteiger partial charge in [0, 0.05) is 31.5 Å². The Morgan fingerprint density at radius 1 is 1.00 bits per heavy atom. The van der Waals surface area contributed by atoms with Crippen molar-refractivity contribution in [2.75, 3.05) is 37.1 Å². The molecule has 0 radical (unpaired) electrons. The fraction of sp³-hybridized carbons (Fsp3) is 0.286. The van der Waals surface area contributed by atoms with Crippen LogP contribution in [-0.4, -0.2) is 44.1 Å². The molecule has 1 saturated heterocycles. The standard InChI is InChI=1S/C28H30N2O6/c1-6-34-20-13-14-21(23(16-20)35-7-2)26(31)24-25(22-15-8-17(3)36-22)30(28(33)27(24)32)19-11-9-18(10-12-19)29(4)5/h8-16,25,31H,6-7H2,1-5H3/b26-24-. The number of carbonyl (C=O) groups is 2. The number of aryl methyl sites for hydroxylation is 1. The number of carbonyl (C=O) groups excluding carboxylic acids is 2. The smallest absolute Gasteiger partial charge is 0.300 e. The molecule has 0 saturated carbocycles. The average molecular weight is 491 g/mol. The van der Waals surface area contributed by atoms with Crippen LogP contribution in [0.4, 0.5) is 11.4 Å². The molecule has 188 valence electrons. The SMILES string of the molecule is CCOc1ccc(/C(O)=C2/C(=O)C(=O)N(c3ccc(N(C)C)cc3)C2c2ccc(C)o2)c(OCC)c1. The summed E-state index contributed by atoms with van der Waals surface area (Å²) >= 11 is 0. The third-order valence-electron chi connectivity index (χ3n) is 5.94. The molecule has 2 heterocycles. The van der Waals surface area contributed by atoms with Crippen LogP contribution < -0.4 is 19.3 Å². The van der Waals surface area contributed by atoms with Crippen molar-refractivity contribution in [1.29, 1.82) is 0 Å². The van der Waals surface area contributed by atoms with Crippen molar-refractivity contribution in [2.45, 2.75) is 26.8 Å². The second-order valence-electron chi connectivity index (χ2n) is 8.55. The number of rotatable bonds is 8. The third-order valence-corrected chi connectivity index (χ3v) is 5.94. The van der Waals surface area contributed by atoms with Gasteiger partial charge in [-0.1, -0.05) is 0 Å². The van der Waals surface area contributed by atoms with E-state index >= 15 is 0 Å². The summed E-state index contributed by atoms with van der Waals surface area (Å²) in [4.78, 5) is 30.0. The summed E-state index contributed by atoms with van der Waals surface area (Å²) in [6.45, 7) is 6.27. The lowest BCUT2D eigenvalue weighted by Crippen LogP contribution is -2.29. The molecule has 1 atom stereocenters. The Morgan fingerprint density at radius 3 is 2.28 bits per heavy atom. The highest BCUT2D eigenvalue weighted by atomic mass is 16.5. The molecule has 8 heteroatoms. The first-order chi connectivity index (χ1) is 17.3. The van der Waals surface area contributed by atoms with E-state index in [0.717, 1.165) is 5.69 Å². The lowest BCUT2D eigenvalue weighted by molar-refractivity contribution is -0.132. The second kappa shape index (κ2) is 10.2. The predicted molar refractivity (Wildman–Crippen MR) is 138 cm³/mol. The fourth-order valence-corrected chi connectivity index (χ4v) is 4.25. The molecule has 0 aliphatic carbocycles. The molecule has 1 aliphatic heterocycles. The molecule has 1 fully saturated rings. The number of nitrogens with zero attached hydrogens (tertiary/aromatic N) is 2. The van der Waals surface area contributed by atoms with E-state index in [4.69, 9.17) is 13.9 Å². The van der Waals surface area contributed by atoms with Gasteiger partial charge in [-0.2, -0.15) is 0 Å². The maximum absolute atomic E-state index is 13.4. The summed E-state index contributed by atoms with van der Waals surface area (Å²) in [6.07, 6.45) is 0. The van der Waals surface area contributed by atoms with Crippen LogP contribution in [0, 0.1) is 6.92 Å². The van der Waals surface area contributed by atoms with Crippen LogP contribution in [0.5, 0.6) is 11.5 Å². The summed E-state index contributed by atoms with van der Waals surface area (Å²) in [5.74, 6) is 0.000407. The molecule has 3 aromatic rings. The highest BCUT2D eigenvalue weighted by Gasteiger charge is 2.48. The van der Waals surface area contributed by atoms with Gasteiger partial charge < -0.3 is 23.9 Å². The van der Waals surface area contributed by atoms with Gasteiger partial charge >= 0.3 is 0 Å². The van der Waals surface area contributed by atoms with Gasteiger partial charge in [-0.15, -0.1) is 0 Å². The van der Waals surface area contributed by atoms with E-state index < -0.39 is 17.7 Å². The molecule has 1 amide bonds. The van der Waals surface area contributed by atoms with Gasteiger partial charge in [-0.3, -0.25) is 14.5 Å². The molecule has 8 nitrogen and oxygen atoms in total. The monoisotopic (exact) mass is 490 g/mol. The third kappa shape index (κ3) is 4.54. The molecule has 36 heavy (non-hydrogen) atoms. The summed E-state index contributed by atoms with van der Waals surface area (Å²) in [6, 6.07) is 14.7. The van der Waals surface area contributed by atoms with E-state index in [-0.39, 0.29) is 16.9 Å². The molecule has 0 bridgehead atoms. The number of Topliss-reactive ketones (excluding diaryl/α,β-unsaturated/α-hetero) is 1. The largest absolute Gasteiger partial charge is 0.507 e. The van der Waals surface area contributed by atoms with Gasteiger partial charge in [-0.05, 0) is 69.3 Å². The summed E-state index contributed by atoms with van der Waals surface area (Å²) in [5, 5.41) is 11.5. The molecule has 1 unspecified atom stereocenters. The zero-order chi connectivity index (χ0) is 26.0. The van der Waals surface area contributed by atoms with E-state index in [1.54, 1.807) is 49.4 Å². The molecule has 1 N–H and O–H groups in total. The average Bonchev–Trinajstić information content (AvgIpc) is 3.40. The van der Waals surface area contributed by atoms with Crippen molar-refractivity contribution >= 4 is 28.8 Å². The number of furan rings is 1. The summed E-state index contributed by atoms with van der Waals surface area (Å²) < 4.78 is 17.2. The number of aliphatic hydroxyl groups is 1. The molecular weight excluding hydrogens is 460 g/mol. The summed E-state index contributed by atoms with van der Waals surface area (Å²) in [7, 11) is 3.83. The number of hydrogen-bond acceptors (Lipinski definition) is 7.